The van der Waals surface area contributed by atoms with Crippen LogP contribution in [-0.2, 0) is 0 Å². The molecule has 2 aromatic rings. The summed E-state index contributed by atoms with van der Waals surface area (Å²) >= 11 is 4.02. The second kappa shape index (κ2) is 23.0. The van der Waals surface area contributed by atoms with Crippen LogP contribution in [0, 0.1) is 0 Å². The first-order chi connectivity index (χ1) is 18.8. The number of thioether (sulfide) groups is 2. The highest BCUT2D eigenvalue weighted by Gasteiger charge is 2.18. The molecular weight excluding hydrogens is 501 g/mol. The van der Waals surface area contributed by atoms with Crippen molar-refractivity contribution in [1.82, 2.24) is 9.97 Å². The van der Waals surface area contributed by atoms with E-state index in [2.05, 4.69) is 55.0 Å². The van der Waals surface area contributed by atoms with Gasteiger partial charge in [0.2, 0.25) is 0 Å². The van der Waals surface area contributed by atoms with Crippen molar-refractivity contribution in [3.63, 3.8) is 0 Å². The third kappa shape index (κ3) is 15.2. The van der Waals surface area contributed by atoms with Crippen molar-refractivity contribution in [2.24, 2.45) is 0 Å². The number of nitrogens with one attached hydrogen (secondary N) is 2. The van der Waals surface area contributed by atoms with Crippen LogP contribution < -0.4 is 0 Å². The number of H-pyrrole nitrogens is 2. The van der Waals surface area contributed by atoms with E-state index in [0.29, 0.717) is 5.92 Å². The van der Waals surface area contributed by atoms with Crippen molar-refractivity contribution in [3.05, 3.63) is 35.7 Å². The Kier molecular flexibility index (Phi) is 20.3. The van der Waals surface area contributed by atoms with Gasteiger partial charge in [-0.1, -0.05) is 130 Å². The van der Waals surface area contributed by atoms with Crippen molar-refractivity contribution >= 4 is 23.5 Å². The summed E-state index contributed by atoms with van der Waals surface area (Å²) in [6, 6.07) is 9.33. The van der Waals surface area contributed by atoms with E-state index in [0.717, 1.165) is 0 Å². The first-order valence-electron chi connectivity index (χ1n) is 16.4. The number of rotatable bonds is 26. The first kappa shape index (κ1) is 33.5. The van der Waals surface area contributed by atoms with E-state index in [1.54, 1.807) is 0 Å². The molecular formula is C34H60N2S2. The second-order valence-corrected chi connectivity index (χ2v) is 13.5. The number of aromatic amines is 2. The number of unbranched alkanes of at least 4 members (excludes halogenated alkanes) is 16. The minimum Gasteiger partial charge on any atom is -0.353 e. The smallest absolute Gasteiger partial charge is 0.0723 e. The maximum Gasteiger partial charge on any atom is 0.0723 e. The maximum atomic E-state index is 3.79. The SMILES string of the molecule is CCCCCCCCCCSc1ccc(C(CCCCC)c2ccc(SCCCCCCCCCC)[nH]2)[nH]1. The summed E-state index contributed by atoms with van der Waals surface area (Å²) in [7, 11) is 0. The molecule has 0 aliphatic carbocycles. The maximum absolute atomic E-state index is 3.79. The Bertz CT molecular complexity index is 721. The molecule has 0 spiro atoms. The number of hydrogen-bond acceptors (Lipinski definition) is 2. The molecule has 0 aliphatic rings. The van der Waals surface area contributed by atoms with Crippen LogP contribution in [0.15, 0.2) is 34.3 Å². The Hall–Kier alpha value is -0.740. The number of hydrogen-bond donors (Lipinski definition) is 2. The van der Waals surface area contributed by atoms with Gasteiger partial charge in [-0.05, 0) is 55.0 Å². The summed E-state index contributed by atoms with van der Waals surface area (Å²) in [4.78, 5) is 7.59. The minimum absolute atomic E-state index is 0.455. The summed E-state index contributed by atoms with van der Waals surface area (Å²) in [6.45, 7) is 6.90. The first-order valence-corrected chi connectivity index (χ1v) is 18.4. The Morgan fingerprint density at radius 3 is 1.26 bits per heavy atom. The lowest BCUT2D eigenvalue weighted by Crippen LogP contribution is -2.03. The zero-order valence-electron chi connectivity index (χ0n) is 25.3. The molecule has 2 heterocycles. The molecule has 0 bridgehead atoms. The van der Waals surface area contributed by atoms with Crippen molar-refractivity contribution in [2.45, 2.75) is 165 Å². The van der Waals surface area contributed by atoms with Gasteiger partial charge in [0.05, 0.1) is 10.1 Å². The van der Waals surface area contributed by atoms with E-state index in [1.807, 2.05) is 23.5 Å². The fraction of sp³-hybridized carbons (Fsp3) is 0.765. The Morgan fingerprint density at radius 2 is 0.842 bits per heavy atom. The van der Waals surface area contributed by atoms with Gasteiger partial charge in [-0.2, -0.15) is 0 Å². The van der Waals surface area contributed by atoms with E-state index >= 15 is 0 Å². The van der Waals surface area contributed by atoms with Crippen molar-refractivity contribution in [3.8, 4) is 0 Å². The third-order valence-corrected chi connectivity index (χ3v) is 9.81. The van der Waals surface area contributed by atoms with Crippen LogP contribution in [-0.4, -0.2) is 21.5 Å². The molecule has 2 nitrogen and oxygen atoms in total. The Morgan fingerprint density at radius 1 is 0.474 bits per heavy atom. The summed E-state index contributed by atoms with van der Waals surface area (Å²) in [5, 5.41) is 2.69. The van der Waals surface area contributed by atoms with E-state index in [1.165, 1.54) is 161 Å². The highest BCUT2D eigenvalue weighted by Crippen LogP contribution is 2.33. The molecule has 0 unspecified atom stereocenters. The monoisotopic (exact) mass is 560 g/mol. The third-order valence-electron chi connectivity index (χ3n) is 7.72. The topological polar surface area (TPSA) is 31.6 Å². The molecule has 0 amide bonds. The lowest BCUT2D eigenvalue weighted by atomic mass is 9.95. The fourth-order valence-corrected chi connectivity index (χ4v) is 7.12. The van der Waals surface area contributed by atoms with Crippen LogP contribution >= 0.6 is 23.5 Å². The van der Waals surface area contributed by atoms with E-state index < -0.39 is 0 Å². The van der Waals surface area contributed by atoms with Crippen molar-refractivity contribution < 1.29 is 0 Å². The normalized spacial score (nSPS) is 11.7. The molecule has 4 heteroatoms. The summed E-state index contributed by atoms with van der Waals surface area (Å²) in [6.07, 6.45) is 27.4. The van der Waals surface area contributed by atoms with Crippen LogP contribution in [0.25, 0.3) is 0 Å². The van der Waals surface area contributed by atoms with Gasteiger partial charge in [0.15, 0.2) is 0 Å². The Balaban J connectivity index is 1.74. The summed E-state index contributed by atoms with van der Waals surface area (Å²) in [5.74, 6) is 2.92. The molecule has 2 N–H and O–H groups in total. The predicted octanol–water partition coefficient (Wildman–Crippen LogP) is 12.5. The van der Waals surface area contributed by atoms with E-state index in [-0.39, 0.29) is 0 Å². The molecule has 2 aromatic heterocycles. The molecule has 38 heavy (non-hydrogen) atoms. The van der Waals surface area contributed by atoms with Gasteiger partial charge in [-0.3, -0.25) is 0 Å². The van der Waals surface area contributed by atoms with Gasteiger partial charge >= 0.3 is 0 Å². The number of aromatic nitrogens is 2. The average Bonchev–Trinajstić information content (AvgIpc) is 3.59. The highest BCUT2D eigenvalue weighted by atomic mass is 32.2. The quantitative estimate of drug-likeness (QED) is 0.0885. The lowest BCUT2D eigenvalue weighted by molar-refractivity contribution is 0.586. The van der Waals surface area contributed by atoms with E-state index in [9.17, 15) is 0 Å². The lowest BCUT2D eigenvalue weighted by Gasteiger charge is -2.15. The average molecular weight is 561 g/mol. The molecule has 0 fully saturated rings. The molecule has 0 atom stereocenters. The molecule has 0 saturated heterocycles. The van der Waals surface area contributed by atoms with Crippen LogP contribution in [0.2, 0.25) is 0 Å². The highest BCUT2D eigenvalue weighted by molar-refractivity contribution is 7.99. The van der Waals surface area contributed by atoms with Gasteiger partial charge in [0.1, 0.15) is 0 Å². The molecule has 0 radical (unpaired) electrons. The van der Waals surface area contributed by atoms with Crippen LogP contribution in [0.5, 0.6) is 0 Å². The van der Waals surface area contributed by atoms with Gasteiger partial charge < -0.3 is 9.97 Å². The molecule has 218 valence electrons. The molecule has 0 aromatic carbocycles. The molecule has 0 aliphatic heterocycles. The van der Waals surface area contributed by atoms with Gasteiger partial charge in [0.25, 0.3) is 0 Å². The van der Waals surface area contributed by atoms with Gasteiger partial charge in [0, 0.05) is 17.3 Å². The second-order valence-electron chi connectivity index (χ2n) is 11.3. The van der Waals surface area contributed by atoms with Gasteiger partial charge in [-0.25, -0.2) is 0 Å². The summed E-state index contributed by atoms with van der Waals surface area (Å²) in [5.41, 5.74) is 2.78. The predicted molar refractivity (Wildman–Crippen MR) is 174 cm³/mol. The zero-order valence-corrected chi connectivity index (χ0v) is 26.9. The van der Waals surface area contributed by atoms with Crippen LogP contribution in [0.1, 0.15) is 166 Å². The van der Waals surface area contributed by atoms with Crippen molar-refractivity contribution in [2.75, 3.05) is 11.5 Å². The summed E-state index contributed by atoms with van der Waals surface area (Å²) < 4.78 is 0. The zero-order chi connectivity index (χ0) is 27.1. The standard InChI is InChI=1S/C34H60N2S2/c1-4-7-10-12-14-16-18-21-28-37-33-26-24-31(35-33)30(23-20-9-6-3)32-25-27-34(36-32)38-29-22-19-17-15-13-11-8-5-2/h24-27,30,35-36H,4-23,28-29H2,1-3H3. The fourth-order valence-electron chi connectivity index (χ4n) is 5.27. The largest absolute Gasteiger partial charge is 0.353 e. The van der Waals surface area contributed by atoms with Crippen LogP contribution in [0.3, 0.4) is 0 Å². The molecule has 0 saturated carbocycles. The van der Waals surface area contributed by atoms with Gasteiger partial charge in [-0.15, -0.1) is 23.5 Å². The molecule has 2 rings (SSSR count). The van der Waals surface area contributed by atoms with Crippen molar-refractivity contribution in [1.29, 1.82) is 0 Å². The van der Waals surface area contributed by atoms with Crippen LogP contribution in [0.4, 0.5) is 0 Å². The Labute approximate surface area is 245 Å². The minimum atomic E-state index is 0.455. The van der Waals surface area contributed by atoms with E-state index in [4.69, 9.17) is 0 Å².